The summed E-state index contributed by atoms with van der Waals surface area (Å²) >= 11 is 5.84. The molecule has 0 N–H and O–H groups in total. The molecule has 20 heavy (non-hydrogen) atoms. The fraction of sp³-hybridized carbons (Fsp3) is 0.467. The fourth-order valence-corrected chi connectivity index (χ4v) is 2.32. The summed E-state index contributed by atoms with van der Waals surface area (Å²) in [7, 11) is 0. The van der Waals surface area contributed by atoms with Crippen LogP contribution in [0.3, 0.4) is 0 Å². The predicted octanol–water partition coefficient (Wildman–Crippen LogP) is 3.11. The largest absolute Gasteiger partial charge is 0.377 e. The molecule has 0 fully saturated rings. The lowest BCUT2D eigenvalue weighted by Crippen LogP contribution is -2.13. The lowest BCUT2D eigenvalue weighted by Gasteiger charge is -2.11. The standard InChI is InChI=1S/C15H18ClN3O/c1-11(2)20-8-7-19-14-9-12(10-17)3-4-13(14)18-15(19)5-6-16/h3-4,9,11H,5-8H2,1-2H3. The second-order valence-electron chi connectivity index (χ2n) is 4.85. The Hall–Kier alpha value is -1.57. The van der Waals surface area contributed by atoms with Crippen LogP contribution >= 0.6 is 11.6 Å². The molecule has 2 aromatic rings. The Bertz CT molecular complexity index is 628. The molecule has 0 saturated carbocycles. The first-order valence-electron chi connectivity index (χ1n) is 6.72. The van der Waals surface area contributed by atoms with Crippen molar-refractivity contribution in [1.29, 1.82) is 5.26 Å². The molecule has 0 atom stereocenters. The van der Waals surface area contributed by atoms with Gasteiger partial charge in [-0.25, -0.2) is 4.98 Å². The zero-order valence-corrected chi connectivity index (χ0v) is 12.5. The monoisotopic (exact) mass is 291 g/mol. The molecule has 1 aromatic carbocycles. The number of nitrogens with zero attached hydrogens (tertiary/aromatic N) is 3. The van der Waals surface area contributed by atoms with Crippen LogP contribution in [0.4, 0.5) is 0 Å². The topological polar surface area (TPSA) is 50.8 Å². The van der Waals surface area contributed by atoms with Gasteiger partial charge >= 0.3 is 0 Å². The van der Waals surface area contributed by atoms with Gasteiger partial charge in [0.25, 0.3) is 0 Å². The van der Waals surface area contributed by atoms with Gasteiger partial charge < -0.3 is 9.30 Å². The van der Waals surface area contributed by atoms with Gasteiger partial charge in [-0.1, -0.05) is 0 Å². The average molecular weight is 292 g/mol. The number of aryl methyl sites for hydroxylation is 1. The van der Waals surface area contributed by atoms with Crippen LogP contribution in [0.25, 0.3) is 11.0 Å². The summed E-state index contributed by atoms with van der Waals surface area (Å²) in [4.78, 5) is 4.59. The summed E-state index contributed by atoms with van der Waals surface area (Å²) in [5.41, 5.74) is 2.51. The van der Waals surface area contributed by atoms with Crippen LogP contribution < -0.4 is 0 Å². The van der Waals surface area contributed by atoms with Crippen LogP contribution in [-0.2, 0) is 17.7 Å². The second-order valence-corrected chi connectivity index (χ2v) is 5.23. The summed E-state index contributed by atoms with van der Waals surface area (Å²) in [6, 6.07) is 7.70. The van der Waals surface area contributed by atoms with Crippen LogP contribution in [0.15, 0.2) is 18.2 Å². The SMILES string of the molecule is CC(C)OCCn1c(CCCl)nc2ccc(C#N)cc21. The number of ether oxygens (including phenoxy) is 1. The minimum Gasteiger partial charge on any atom is -0.377 e. The minimum atomic E-state index is 0.205. The molecular formula is C15H18ClN3O. The molecular weight excluding hydrogens is 274 g/mol. The zero-order chi connectivity index (χ0) is 14.5. The molecule has 0 spiro atoms. The van der Waals surface area contributed by atoms with Gasteiger partial charge in [-0.3, -0.25) is 0 Å². The van der Waals surface area contributed by atoms with E-state index in [1.54, 1.807) is 6.07 Å². The van der Waals surface area contributed by atoms with Gasteiger partial charge in [0, 0.05) is 18.8 Å². The lowest BCUT2D eigenvalue weighted by molar-refractivity contribution is 0.0729. The third kappa shape index (κ3) is 3.30. The molecule has 1 aromatic heterocycles. The highest BCUT2D eigenvalue weighted by Crippen LogP contribution is 2.19. The van der Waals surface area contributed by atoms with Crippen molar-refractivity contribution in [2.75, 3.05) is 12.5 Å². The Morgan fingerprint density at radius 3 is 2.90 bits per heavy atom. The van der Waals surface area contributed by atoms with Crippen molar-refractivity contribution in [3.8, 4) is 6.07 Å². The van der Waals surface area contributed by atoms with Crippen molar-refractivity contribution in [3.05, 3.63) is 29.6 Å². The Morgan fingerprint density at radius 1 is 1.45 bits per heavy atom. The number of hydrogen-bond donors (Lipinski definition) is 0. The zero-order valence-electron chi connectivity index (χ0n) is 11.8. The Morgan fingerprint density at radius 2 is 2.25 bits per heavy atom. The highest BCUT2D eigenvalue weighted by molar-refractivity contribution is 6.17. The van der Waals surface area contributed by atoms with Crippen LogP contribution in [0.5, 0.6) is 0 Å². The highest BCUT2D eigenvalue weighted by Gasteiger charge is 2.11. The van der Waals surface area contributed by atoms with E-state index in [-0.39, 0.29) is 6.10 Å². The maximum Gasteiger partial charge on any atom is 0.111 e. The number of hydrogen-bond acceptors (Lipinski definition) is 3. The molecule has 4 nitrogen and oxygen atoms in total. The maximum absolute atomic E-state index is 9.02. The summed E-state index contributed by atoms with van der Waals surface area (Å²) in [5.74, 6) is 1.47. The van der Waals surface area contributed by atoms with Crippen molar-refractivity contribution < 1.29 is 4.74 Å². The second kappa shape index (κ2) is 6.74. The van der Waals surface area contributed by atoms with Crippen molar-refractivity contribution in [2.24, 2.45) is 0 Å². The first-order chi connectivity index (χ1) is 9.65. The number of imidazole rings is 1. The first kappa shape index (κ1) is 14.8. The van der Waals surface area contributed by atoms with E-state index in [1.807, 2.05) is 26.0 Å². The van der Waals surface area contributed by atoms with Crippen LogP contribution in [-0.4, -0.2) is 28.1 Å². The molecule has 0 aliphatic heterocycles. The van der Waals surface area contributed by atoms with E-state index in [2.05, 4.69) is 15.6 Å². The van der Waals surface area contributed by atoms with Crippen molar-refractivity contribution in [3.63, 3.8) is 0 Å². The van der Waals surface area contributed by atoms with Gasteiger partial charge in [-0.2, -0.15) is 5.26 Å². The summed E-state index contributed by atoms with van der Waals surface area (Å²) in [5, 5.41) is 9.02. The third-order valence-corrected chi connectivity index (χ3v) is 3.23. The first-order valence-corrected chi connectivity index (χ1v) is 7.26. The lowest BCUT2D eigenvalue weighted by atomic mass is 10.2. The van der Waals surface area contributed by atoms with E-state index in [9.17, 15) is 0 Å². The average Bonchev–Trinajstić information content (AvgIpc) is 2.76. The third-order valence-electron chi connectivity index (χ3n) is 3.04. The van der Waals surface area contributed by atoms with E-state index in [0.717, 1.165) is 23.4 Å². The number of nitriles is 1. The van der Waals surface area contributed by atoms with E-state index in [1.165, 1.54) is 0 Å². The maximum atomic E-state index is 9.02. The number of aromatic nitrogens is 2. The van der Waals surface area contributed by atoms with E-state index in [4.69, 9.17) is 21.6 Å². The molecule has 0 unspecified atom stereocenters. The van der Waals surface area contributed by atoms with Crippen molar-refractivity contribution in [1.82, 2.24) is 9.55 Å². The summed E-state index contributed by atoms with van der Waals surface area (Å²) in [6.45, 7) is 5.37. The van der Waals surface area contributed by atoms with E-state index < -0.39 is 0 Å². The van der Waals surface area contributed by atoms with E-state index in [0.29, 0.717) is 24.5 Å². The van der Waals surface area contributed by atoms with Gasteiger partial charge in [0.05, 0.1) is 35.4 Å². The number of benzene rings is 1. The summed E-state index contributed by atoms with van der Waals surface area (Å²) in [6.07, 6.45) is 0.913. The minimum absolute atomic E-state index is 0.205. The molecule has 0 aliphatic carbocycles. The Labute approximate surface area is 123 Å². The van der Waals surface area contributed by atoms with Gasteiger partial charge in [0.15, 0.2) is 0 Å². The quantitative estimate of drug-likeness (QED) is 0.768. The molecule has 0 bridgehead atoms. The molecule has 0 aliphatic rings. The van der Waals surface area contributed by atoms with Gasteiger partial charge in [0.2, 0.25) is 0 Å². The smallest absolute Gasteiger partial charge is 0.111 e. The number of alkyl halides is 1. The Kier molecular flexibility index (Phi) is 4.99. The molecule has 0 radical (unpaired) electrons. The molecule has 0 amide bonds. The molecule has 1 heterocycles. The normalized spacial score (nSPS) is 11.2. The number of halogens is 1. The molecule has 5 heteroatoms. The fourth-order valence-electron chi connectivity index (χ4n) is 2.15. The van der Waals surface area contributed by atoms with Crippen molar-refractivity contribution in [2.45, 2.75) is 32.9 Å². The summed E-state index contributed by atoms with van der Waals surface area (Å²) < 4.78 is 7.71. The van der Waals surface area contributed by atoms with Crippen molar-refractivity contribution >= 4 is 22.6 Å². The Balaban J connectivity index is 2.35. The molecule has 0 saturated heterocycles. The van der Waals surface area contributed by atoms with Gasteiger partial charge in [-0.05, 0) is 32.0 Å². The number of fused-ring (bicyclic) bond motifs is 1. The van der Waals surface area contributed by atoms with Crippen LogP contribution in [0.2, 0.25) is 0 Å². The number of rotatable bonds is 6. The van der Waals surface area contributed by atoms with E-state index >= 15 is 0 Å². The van der Waals surface area contributed by atoms with Crippen LogP contribution in [0.1, 0.15) is 25.2 Å². The molecule has 106 valence electrons. The van der Waals surface area contributed by atoms with Gasteiger partial charge in [-0.15, -0.1) is 11.6 Å². The van der Waals surface area contributed by atoms with Crippen LogP contribution in [0, 0.1) is 11.3 Å². The van der Waals surface area contributed by atoms with Gasteiger partial charge in [0.1, 0.15) is 5.82 Å². The highest BCUT2D eigenvalue weighted by atomic mass is 35.5. The predicted molar refractivity (Wildman–Crippen MR) is 80.0 cm³/mol. The molecule has 2 rings (SSSR count).